The van der Waals surface area contributed by atoms with E-state index in [0.29, 0.717) is 0 Å². The highest BCUT2D eigenvalue weighted by molar-refractivity contribution is 5.81. The molecule has 1 aromatic carbocycles. The van der Waals surface area contributed by atoms with Gasteiger partial charge in [-0.15, -0.1) is 0 Å². The predicted octanol–water partition coefficient (Wildman–Crippen LogP) is 4.45. The summed E-state index contributed by atoms with van der Waals surface area (Å²) >= 11 is 0. The Hall–Kier alpha value is -2.48. The van der Waals surface area contributed by atoms with E-state index in [9.17, 15) is 0 Å². The van der Waals surface area contributed by atoms with Gasteiger partial charge in [-0.2, -0.15) is 0 Å². The zero-order valence-electron chi connectivity index (χ0n) is 12.2. The minimum Gasteiger partial charge on any atom is -0.260 e. The molecule has 0 aliphatic heterocycles. The van der Waals surface area contributed by atoms with Gasteiger partial charge < -0.3 is 0 Å². The normalized spacial score (nSPS) is 14.6. The highest BCUT2D eigenvalue weighted by Gasteiger charge is 2.36. The number of hydrogen-bond acceptors (Lipinski definition) is 2. The summed E-state index contributed by atoms with van der Waals surface area (Å²) in [6, 6.07) is 16.8. The Morgan fingerprint density at radius 2 is 1.67 bits per heavy atom. The van der Waals surface area contributed by atoms with Crippen molar-refractivity contribution in [2.75, 3.05) is 0 Å². The molecular formula is C19H16N2. The molecule has 1 aliphatic rings. The molecule has 0 atom stereocenters. The van der Waals surface area contributed by atoms with E-state index in [0.717, 1.165) is 17.0 Å². The first-order valence-electron chi connectivity index (χ1n) is 7.20. The van der Waals surface area contributed by atoms with Crippen molar-refractivity contribution in [1.29, 1.82) is 0 Å². The summed E-state index contributed by atoms with van der Waals surface area (Å²) in [5, 5.41) is 0. The SMILES string of the molecule is CC1(C)c2cc(-c3ccccn3)ccc2-c2cccnc21. The summed E-state index contributed by atoms with van der Waals surface area (Å²) in [4.78, 5) is 9.07. The van der Waals surface area contributed by atoms with Gasteiger partial charge in [0.15, 0.2) is 0 Å². The van der Waals surface area contributed by atoms with Gasteiger partial charge in [-0.25, -0.2) is 0 Å². The third-order valence-electron chi connectivity index (χ3n) is 4.34. The van der Waals surface area contributed by atoms with Crippen LogP contribution >= 0.6 is 0 Å². The van der Waals surface area contributed by atoms with Crippen molar-refractivity contribution in [2.24, 2.45) is 0 Å². The first-order valence-corrected chi connectivity index (χ1v) is 7.20. The standard InChI is InChI=1S/C19H16N2/c1-19(2)16-12-13(17-7-3-4-10-20-17)8-9-14(16)15-6-5-11-21-18(15)19/h3-12H,1-2H3. The van der Waals surface area contributed by atoms with E-state index < -0.39 is 0 Å². The molecular weight excluding hydrogens is 256 g/mol. The Morgan fingerprint density at radius 1 is 0.810 bits per heavy atom. The molecule has 0 N–H and O–H groups in total. The molecule has 0 saturated heterocycles. The highest BCUT2D eigenvalue weighted by Crippen LogP contribution is 2.48. The molecule has 2 aromatic heterocycles. The fourth-order valence-electron chi connectivity index (χ4n) is 3.24. The third kappa shape index (κ3) is 1.72. The summed E-state index contributed by atoms with van der Waals surface area (Å²) in [5.41, 5.74) is 7.16. The van der Waals surface area contributed by atoms with Crippen LogP contribution in [0.15, 0.2) is 60.9 Å². The average Bonchev–Trinajstić information content (AvgIpc) is 2.77. The van der Waals surface area contributed by atoms with Gasteiger partial charge >= 0.3 is 0 Å². The Bertz CT molecular complexity index is 820. The predicted molar refractivity (Wildman–Crippen MR) is 85.0 cm³/mol. The summed E-state index contributed by atoms with van der Waals surface area (Å²) in [5.74, 6) is 0. The third-order valence-corrected chi connectivity index (χ3v) is 4.34. The lowest BCUT2D eigenvalue weighted by Gasteiger charge is -2.20. The molecule has 0 saturated carbocycles. The minimum atomic E-state index is -0.0588. The van der Waals surface area contributed by atoms with Gasteiger partial charge in [0.05, 0.1) is 11.4 Å². The van der Waals surface area contributed by atoms with Crippen LogP contribution in [0.3, 0.4) is 0 Å². The molecule has 3 aromatic rings. The first-order chi connectivity index (χ1) is 10.2. The Labute approximate surface area is 124 Å². The lowest BCUT2D eigenvalue weighted by molar-refractivity contribution is 0.637. The lowest BCUT2D eigenvalue weighted by Crippen LogP contribution is -2.16. The van der Waals surface area contributed by atoms with Crippen molar-refractivity contribution < 1.29 is 0 Å². The number of hydrogen-bond donors (Lipinski definition) is 0. The highest BCUT2D eigenvalue weighted by atomic mass is 14.7. The monoisotopic (exact) mass is 272 g/mol. The molecule has 0 spiro atoms. The molecule has 0 unspecified atom stereocenters. The van der Waals surface area contributed by atoms with Crippen LogP contribution in [0, 0.1) is 0 Å². The summed E-state index contributed by atoms with van der Waals surface area (Å²) < 4.78 is 0. The second-order valence-electron chi connectivity index (χ2n) is 6.00. The van der Waals surface area contributed by atoms with Gasteiger partial charge in [-0.3, -0.25) is 9.97 Å². The van der Waals surface area contributed by atoms with Crippen molar-refractivity contribution in [2.45, 2.75) is 19.3 Å². The summed E-state index contributed by atoms with van der Waals surface area (Å²) in [7, 11) is 0. The summed E-state index contributed by atoms with van der Waals surface area (Å²) in [6.45, 7) is 4.49. The van der Waals surface area contributed by atoms with Gasteiger partial charge in [0.1, 0.15) is 0 Å². The van der Waals surface area contributed by atoms with E-state index in [-0.39, 0.29) is 5.41 Å². The van der Waals surface area contributed by atoms with Crippen LogP contribution in [-0.2, 0) is 5.41 Å². The van der Waals surface area contributed by atoms with E-state index in [1.54, 1.807) is 0 Å². The molecule has 21 heavy (non-hydrogen) atoms. The second-order valence-corrected chi connectivity index (χ2v) is 6.00. The van der Waals surface area contributed by atoms with Gasteiger partial charge in [0, 0.05) is 28.9 Å². The van der Waals surface area contributed by atoms with Crippen LogP contribution in [0.2, 0.25) is 0 Å². The number of pyridine rings is 2. The molecule has 0 bridgehead atoms. The van der Waals surface area contributed by atoms with Crippen LogP contribution in [-0.4, -0.2) is 9.97 Å². The maximum Gasteiger partial charge on any atom is 0.0702 e. The van der Waals surface area contributed by atoms with Crippen molar-refractivity contribution in [1.82, 2.24) is 9.97 Å². The Kier molecular flexibility index (Phi) is 2.49. The van der Waals surface area contributed by atoms with Gasteiger partial charge in [0.25, 0.3) is 0 Å². The Morgan fingerprint density at radius 3 is 2.48 bits per heavy atom. The smallest absolute Gasteiger partial charge is 0.0702 e. The molecule has 4 rings (SSSR count). The topological polar surface area (TPSA) is 25.8 Å². The summed E-state index contributed by atoms with van der Waals surface area (Å²) in [6.07, 6.45) is 3.72. The quantitative estimate of drug-likeness (QED) is 0.654. The number of aromatic nitrogens is 2. The zero-order valence-corrected chi connectivity index (χ0v) is 12.2. The van der Waals surface area contributed by atoms with Gasteiger partial charge in [-0.1, -0.05) is 38.1 Å². The number of benzene rings is 1. The number of fused-ring (bicyclic) bond motifs is 3. The molecule has 102 valence electrons. The van der Waals surface area contributed by atoms with E-state index in [1.165, 1.54) is 16.7 Å². The fraction of sp³-hybridized carbons (Fsp3) is 0.158. The first kappa shape index (κ1) is 12.3. The number of nitrogens with zero attached hydrogens (tertiary/aromatic N) is 2. The maximum absolute atomic E-state index is 4.61. The van der Waals surface area contributed by atoms with Crippen LogP contribution in [0.25, 0.3) is 22.4 Å². The van der Waals surface area contributed by atoms with E-state index in [2.05, 4.69) is 54.1 Å². The van der Waals surface area contributed by atoms with Crippen molar-refractivity contribution in [3.05, 3.63) is 72.2 Å². The molecule has 2 nitrogen and oxygen atoms in total. The van der Waals surface area contributed by atoms with E-state index in [1.807, 2.05) is 30.6 Å². The Balaban J connectivity index is 1.94. The molecule has 0 fully saturated rings. The van der Waals surface area contributed by atoms with Crippen molar-refractivity contribution >= 4 is 0 Å². The lowest BCUT2D eigenvalue weighted by atomic mass is 9.84. The van der Waals surface area contributed by atoms with Crippen molar-refractivity contribution in [3.63, 3.8) is 0 Å². The van der Waals surface area contributed by atoms with Gasteiger partial charge in [0.2, 0.25) is 0 Å². The molecule has 2 heteroatoms. The fourth-order valence-corrected chi connectivity index (χ4v) is 3.24. The van der Waals surface area contributed by atoms with Crippen molar-refractivity contribution in [3.8, 4) is 22.4 Å². The largest absolute Gasteiger partial charge is 0.260 e. The average molecular weight is 272 g/mol. The van der Waals surface area contributed by atoms with Crippen LogP contribution in [0.4, 0.5) is 0 Å². The van der Waals surface area contributed by atoms with Crippen LogP contribution in [0.5, 0.6) is 0 Å². The molecule has 0 radical (unpaired) electrons. The molecule has 1 aliphatic carbocycles. The second kappa shape index (κ2) is 4.26. The molecule has 2 heterocycles. The molecule has 0 amide bonds. The minimum absolute atomic E-state index is 0.0588. The van der Waals surface area contributed by atoms with Gasteiger partial charge in [-0.05, 0) is 35.4 Å². The maximum atomic E-state index is 4.61. The zero-order chi connectivity index (χ0) is 14.4. The van der Waals surface area contributed by atoms with E-state index in [4.69, 9.17) is 0 Å². The number of rotatable bonds is 1. The van der Waals surface area contributed by atoms with Crippen LogP contribution in [0.1, 0.15) is 25.1 Å². The van der Waals surface area contributed by atoms with Crippen LogP contribution < -0.4 is 0 Å². The van der Waals surface area contributed by atoms with E-state index >= 15 is 0 Å².